The Bertz CT molecular complexity index is 1640. The molecule has 36 heavy (non-hydrogen) atoms. The minimum Gasteiger partial charge on any atom is -0.424 e. The van der Waals surface area contributed by atoms with Crippen molar-refractivity contribution >= 4 is 62.6 Å². The summed E-state index contributed by atoms with van der Waals surface area (Å²) < 4.78 is 8.49. The van der Waals surface area contributed by atoms with Gasteiger partial charge in [-0.1, -0.05) is 36.4 Å². The maximum absolute atomic E-state index is 13.1. The minimum atomic E-state index is -0.420. The first-order valence-corrected chi connectivity index (χ1v) is 12.6. The van der Waals surface area contributed by atoms with Crippen molar-refractivity contribution in [1.29, 1.82) is 0 Å². The fourth-order valence-electron chi connectivity index (χ4n) is 5.02. The zero-order chi connectivity index (χ0) is 24.1. The number of benzene rings is 2. The molecule has 4 heterocycles. The molecule has 5 aromatic rings. The van der Waals surface area contributed by atoms with Crippen molar-refractivity contribution in [2.24, 2.45) is 0 Å². The average Bonchev–Trinajstić information content (AvgIpc) is 3.53. The van der Waals surface area contributed by atoms with Crippen molar-refractivity contribution in [3.8, 4) is 11.1 Å². The van der Waals surface area contributed by atoms with Crippen molar-refractivity contribution < 1.29 is 4.42 Å². The molecule has 0 bridgehead atoms. The second-order valence-electron chi connectivity index (χ2n) is 8.82. The minimum absolute atomic E-state index is 0. The van der Waals surface area contributed by atoms with Gasteiger partial charge < -0.3 is 15.5 Å². The van der Waals surface area contributed by atoms with E-state index >= 15 is 0 Å². The monoisotopic (exact) mass is 614 g/mol. The van der Waals surface area contributed by atoms with Gasteiger partial charge in [-0.3, -0.25) is 0 Å². The predicted molar refractivity (Wildman–Crippen MR) is 151 cm³/mol. The Hall–Kier alpha value is -3.02. The highest BCUT2D eigenvalue weighted by Gasteiger charge is 2.26. The number of anilines is 1. The Morgan fingerprint density at radius 1 is 1.17 bits per heavy atom. The van der Waals surface area contributed by atoms with E-state index in [2.05, 4.69) is 62.1 Å². The summed E-state index contributed by atoms with van der Waals surface area (Å²) >= 11 is 2.13. The lowest BCUT2D eigenvalue weighted by atomic mass is 9.93. The third-order valence-corrected chi connectivity index (χ3v) is 7.48. The molecule has 1 fully saturated rings. The van der Waals surface area contributed by atoms with Gasteiger partial charge in [0.25, 0.3) is 0 Å². The van der Waals surface area contributed by atoms with Crippen LogP contribution in [0.15, 0.2) is 64.1 Å². The van der Waals surface area contributed by atoms with E-state index in [-0.39, 0.29) is 18.0 Å². The Balaban J connectivity index is 0.00000267. The zero-order valence-corrected chi connectivity index (χ0v) is 22.4. The molecule has 1 aliphatic heterocycles. The molecule has 8 nitrogen and oxygen atoms in total. The van der Waals surface area contributed by atoms with Crippen LogP contribution >= 0.6 is 35.0 Å². The van der Waals surface area contributed by atoms with Gasteiger partial charge >= 0.3 is 5.63 Å². The molecule has 0 saturated carbocycles. The molecule has 0 spiro atoms. The van der Waals surface area contributed by atoms with Gasteiger partial charge in [0.2, 0.25) is 0 Å². The average molecular weight is 615 g/mol. The second-order valence-corrected chi connectivity index (χ2v) is 9.84. The molecular weight excluding hydrogens is 591 g/mol. The van der Waals surface area contributed by atoms with E-state index in [0.29, 0.717) is 37.7 Å². The fraction of sp³-hybridized carbons (Fsp3) is 0.231. The van der Waals surface area contributed by atoms with Crippen LogP contribution in [0.2, 0.25) is 0 Å². The number of nitrogen functional groups attached to an aromatic ring is 1. The lowest BCUT2D eigenvalue weighted by Crippen LogP contribution is -2.15. The van der Waals surface area contributed by atoms with Crippen molar-refractivity contribution in [2.75, 3.05) is 12.3 Å². The van der Waals surface area contributed by atoms with Crippen LogP contribution in [-0.4, -0.2) is 26.3 Å². The van der Waals surface area contributed by atoms with Gasteiger partial charge in [-0.05, 0) is 72.2 Å². The maximum atomic E-state index is 13.1. The first-order valence-electron chi connectivity index (χ1n) is 11.6. The summed E-state index contributed by atoms with van der Waals surface area (Å²) in [5.41, 5.74) is 9.45. The Morgan fingerprint density at radius 2 is 1.97 bits per heavy atom. The number of halogens is 2. The molecule has 10 heteroatoms. The molecular formula is C26H24ClIN6O2. The van der Waals surface area contributed by atoms with Gasteiger partial charge in [-0.15, -0.1) is 12.4 Å². The van der Waals surface area contributed by atoms with Crippen LogP contribution in [0, 0.1) is 3.70 Å². The fourth-order valence-corrected chi connectivity index (χ4v) is 5.77. The van der Waals surface area contributed by atoms with Gasteiger partial charge in [0.05, 0.1) is 10.8 Å². The van der Waals surface area contributed by atoms with E-state index in [0.717, 1.165) is 35.9 Å². The molecule has 3 aromatic heterocycles. The highest BCUT2D eigenvalue weighted by Crippen LogP contribution is 2.38. The summed E-state index contributed by atoms with van der Waals surface area (Å²) in [6, 6.07) is 16.0. The van der Waals surface area contributed by atoms with Crippen LogP contribution in [-0.2, 0) is 0 Å². The van der Waals surface area contributed by atoms with Crippen LogP contribution in [0.25, 0.3) is 32.9 Å². The molecule has 3 N–H and O–H groups in total. The van der Waals surface area contributed by atoms with E-state index in [1.54, 1.807) is 4.68 Å². The van der Waals surface area contributed by atoms with Crippen LogP contribution in [0.3, 0.4) is 0 Å². The molecule has 0 radical (unpaired) electrons. The van der Waals surface area contributed by atoms with E-state index in [1.165, 1.54) is 11.9 Å². The van der Waals surface area contributed by atoms with Crippen LogP contribution < -0.4 is 16.7 Å². The van der Waals surface area contributed by atoms with Gasteiger partial charge in [-0.25, -0.2) is 19.4 Å². The summed E-state index contributed by atoms with van der Waals surface area (Å²) in [5.74, 6) is 0.901. The number of hydrogen-bond acceptors (Lipinski definition) is 7. The quantitative estimate of drug-likeness (QED) is 0.266. The van der Waals surface area contributed by atoms with Crippen LogP contribution in [0.1, 0.15) is 43.2 Å². The summed E-state index contributed by atoms with van der Waals surface area (Å²) in [7, 11) is 0. The number of rotatable bonds is 4. The number of nitrogens with zero attached hydrogens (tertiary/aromatic N) is 4. The summed E-state index contributed by atoms with van der Waals surface area (Å²) in [5, 5.41) is 10.4. The first-order chi connectivity index (χ1) is 17.0. The van der Waals surface area contributed by atoms with Crippen LogP contribution in [0.5, 0.6) is 0 Å². The van der Waals surface area contributed by atoms with Crippen LogP contribution in [0.4, 0.5) is 5.82 Å². The summed E-state index contributed by atoms with van der Waals surface area (Å²) in [6.07, 6.45) is 3.70. The SMILES string of the molecule is CC(c1oc(=O)c2ccccc2c1-c1cccc([C@H]2CCCN2)c1)n1nc(I)c2c(N)ncnc21.Cl. The van der Waals surface area contributed by atoms with Crippen molar-refractivity contribution in [3.05, 3.63) is 80.3 Å². The molecule has 2 aromatic carbocycles. The Labute approximate surface area is 226 Å². The lowest BCUT2D eigenvalue weighted by Gasteiger charge is -2.19. The first kappa shape index (κ1) is 24.7. The molecule has 1 aliphatic rings. The van der Waals surface area contributed by atoms with Gasteiger partial charge in [-0.2, -0.15) is 5.10 Å². The van der Waals surface area contributed by atoms with Gasteiger partial charge in [0.15, 0.2) is 5.65 Å². The smallest absolute Gasteiger partial charge is 0.343 e. The predicted octanol–water partition coefficient (Wildman–Crippen LogP) is 5.24. The van der Waals surface area contributed by atoms with E-state index in [4.69, 9.17) is 15.2 Å². The Morgan fingerprint density at radius 3 is 2.75 bits per heavy atom. The van der Waals surface area contributed by atoms with Crippen molar-refractivity contribution in [2.45, 2.75) is 31.8 Å². The molecule has 2 atom stereocenters. The standard InChI is InChI=1S/C26H23IN6O2.ClH/c1-14(33-25-21(23(27)32-33)24(28)30-13-31-25)22-20(17-8-2-3-9-18(17)26(34)35-22)16-7-4-6-15(12-16)19-10-5-11-29-19;/h2-4,6-9,12-14,19,29H,5,10-11H2,1H3,(H2,28,30,31);1H/t14?,19-;/m1./s1. The summed E-state index contributed by atoms with van der Waals surface area (Å²) in [6.45, 7) is 2.98. The van der Waals surface area contributed by atoms with Gasteiger partial charge in [0, 0.05) is 17.0 Å². The number of nitrogens with one attached hydrogen (secondary N) is 1. The number of fused-ring (bicyclic) bond motifs is 2. The lowest BCUT2D eigenvalue weighted by molar-refractivity contribution is 0.404. The number of aromatic nitrogens is 4. The molecule has 184 valence electrons. The third-order valence-electron chi connectivity index (χ3n) is 6.73. The van der Waals surface area contributed by atoms with E-state index in [1.807, 2.05) is 31.2 Å². The maximum Gasteiger partial charge on any atom is 0.343 e. The van der Waals surface area contributed by atoms with E-state index < -0.39 is 6.04 Å². The number of hydrogen-bond donors (Lipinski definition) is 2. The second kappa shape index (κ2) is 9.79. The Kier molecular flexibility index (Phi) is 6.71. The topological polar surface area (TPSA) is 112 Å². The third kappa shape index (κ3) is 4.04. The highest BCUT2D eigenvalue weighted by atomic mass is 127. The molecule has 0 amide bonds. The summed E-state index contributed by atoms with van der Waals surface area (Å²) in [4.78, 5) is 21.6. The molecule has 1 saturated heterocycles. The van der Waals surface area contributed by atoms with Crippen molar-refractivity contribution in [1.82, 2.24) is 25.1 Å². The normalized spacial score (nSPS) is 16.3. The van der Waals surface area contributed by atoms with Gasteiger partial charge in [0.1, 0.15) is 27.6 Å². The molecule has 6 rings (SSSR count). The number of nitrogens with two attached hydrogens (primary N) is 1. The van der Waals surface area contributed by atoms with E-state index in [9.17, 15) is 4.79 Å². The highest BCUT2D eigenvalue weighted by molar-refractivity contribution is 14.1. The zero-order valence-electron chi connectivity index (χ0n) is 19.4. The molecule has 0 aliphatic carbocycles. The largest absolute Gasteiger partial charge is 0.424 e. The molecule has 1 unspecified atom stereocenters. The van der Waals surface area contributed by atoms with Crippen molar-refractivity contribution in [3.63, 3.8) is 0 Å².